The molecule has 6 atom stereocenters. The number of hydrogen-bond donors (Lipinski definition) is 6. The lowest BCUT2D eigenvalue weighted by Gasteiger charge is -2.54. The second-order valence-corrected chi connectivity index (χ2v) is 6.82. The van der Waals surface area contributed by atoms with Crippen LogP contribution in [0.1, 0.15) is 35.4 Å². The van der Waals surface area contributed by atoms with Gasteiger partial charge in [0.15, 0.2) is 5.78 Å². The molecule has 8 nitrogen and oxygen atoms in total. The molecule has 1 aromatic rings. The van der Waals surface area contributed by atoms with Crippen LogP contribution in [0.5, 0.6) is 11.5 Å². The summed E-state index contributed by atoms with van der Waals surface area (Å²) < 4.78 is 4.99. The fraction of sp³-hybridized carbons (Fsp3) is 0.562. The van der Waals surface area contributed by atoms with Crippen molar-refractivity contribution in [2.45, 2.75) is 42.9 Å². The highest BCUT2D eigenvalue weighted by Crippen LogP contribution is 2.53. The summed E-state index contributed by atoms with van der Waals surface area (Å²) in [5.74, 6) is -2.70. The lowest BCUT2D eigenvalue weighted by atomic mass is 9.58. The van der Waals surface area contributed by atoms with Crippen molar-refractivity contribution in [1.82, 2.24) is 0 Å². The van der Waals surface area contributed by atoms with E-state index in [1.807, 2.05) is 0 Å². The third-order valence-electron chi connectivity index (χ3n) is 5.14. The number of Topliss-reactive ketones (excluding diaryl/α,β-unsaturated/α-hetero) is 1. The summed E-state index contributed by atoms with van der Waals surface area (Å²) in [6.07, 6.45) is -5.71. The van der Waals surface area contributed by atoms with Crippen molar-refractivity contribution in [3.63, 3.8) is 0 Å². The van der Waals surface area contributed by atoms with E-state index in [1.54, 1.807) is 0 Å². The number of aliphatic hydroxyl groups is 5. The molecule has 0 radical (unpaired) electrons. The van der Waals surface area contributed by atoms with Crippen molar-refractivity contribution >= 4 is 5.78 Å². The molecular formula is C16H20O8. The first kappa shape index (κ1) is 17.1. The highest BCUT2D eigenvalue weighted by atomic mass is 16.5. The fourth-order valence-corrected chi connectivity index (χ4v) is 3.93. The number of phenolic OH excluding ortho intramolecular Hbond substituents is 1. The Balaban J connectivity index is 2.23. The van der Waals surface area contributed by atoms with Gasteiger partial charge in [-0.05, 0) is 13.0 Å². The summed E-state index contributed by atoms with van der Waals surface area (Å²) in [5, 5.41) is 62.2. The molecule has 0 bridgehead atoms. The molecule has 2 aliphatic carbocycles. The standard InChI is InChI=1S/C16H20O8/c1-15(22)5-16(23)10(12(19)14(15)21)11(18)9-7(13(16)20)3-6(24-2)4-8(9)17/h3-4,10,12-14,17,19-23H,5H2,1-2H3/t10-,12-,13-,14-,15+,16+/m1/s1. The van der Waals surface area contributed by atoms with E-state index in [9.17, 15) is 35.4 Å². The van der Waals surface area contributed by atoms with Gasteiger partial charge in [-0.2, -0.15) is 0 Å². The first-order chi connectivity index (χ1) is 11.0. The van der Waals surface area contributed by atoms with Crippen LogP contribution >= 0.6 is 0 Å². The predicted molar refractivity (Wildman–Crippen MR) is 79.6 cm³/mol. The van der Waals surface area contributed by atoms with Crippen molar-refractivity contribution in [1.29, 1.82) is 0 Å². The molecule has 0 spiro atoms. The summed E-state index contributed by atoms with van der Waals surface area (Å²) in [6.45, 7) is 1.20. The maximum Gasteiger partial charge on any atom is 0.175 e. The molecule has 1 fully saturated rings. The van der Waals surface area contributed by atoms with E-state index in [4.69, 9.17) is 4.74 Å². The number of fused-ring (bicyclic) bond motifs is 2. The number of carbonyl (C=O) groups excluding carboxylic acids is 1. The molecule has 0 saturated heterocycles. The summed E-state index contributed by atoms with van der Waals surface area (Å²) in [4.78, 5) is 12.8. The van der Waals surface area contributed by atoms with Gasteiger partial charge in [0.05, 0.1) is 30.3 Å². The number of carbonyl (C=O) groups is 1. The number of aromatic hydroxyl groups is 1. The van der Waals surface area contributed by atoms with Gasteiger partial charge in [0, 0.05) is 18.1 Å². The van der Waals surface area contributed by atoms with Crippen LogP contribution in [-0.4, -0.2) is 66.9 Å². The smallest absolute Gasteiger partial charge is 0.175 e. The number of ketones is 1. The van der Waals surface area contributed by atoms with E-state index in [-0.39, 0.29) is 16.9 Å². The molecular weight excluding hydrogens is 320 g/mol. The molecule has 0 amide bonds. The van der Waals surface area contributed by atoms with E-state index >= 15 is 0 Å². The molecule has 2 aliphatic rings. The Morgan fingerprint density at radius 1 is 1.21 bits per heavy atom. The van der Waals surface area contributed by atoms with Gasteiger partial charge >= 0.3 is 0 Å². The van der Waals surface area contributed by atoms with Crippen LogP contribution in [0.4, 0.5) is 0 Å². The number of aliphatic hydroxyl groups excluding tert-OH is 3. The Kier molecular flexibility index (Phi) is 3.67. The van der Waals surface area contributed by atoms with Crippen LogP contribution in [0, 0.1) is 5.92 Å². The number of rotatable bonds is 1. The van der Waals surface area contributed by atoms with E-state index in [0.717, 1.165) is 0 Å². The van der Waals surface area contributed by atoms with Crippen molar-refractivity contribution in [2.75, 3.05) is 7.11 Å². The summed E-state index contributed by atoms with van der Waals surface area (Å²) in [5.41, 5.74) is -4.42. The van der Waals surface area contributed by atoms with E-state index in [2.05, 4.69) is 0 Å². The largest absolute Gasteiger partial charge is 0.507 e. The zero-order valence-electron chi connectivity index (χ0n) is 13.2. The van der Waals surface area contributed by atoms with Crippen molar-refractivity contribution in [3.05, 3.63) is 23.3 Å². The minimum atomic E-state index is -2.20. The van der Waals surface area contributed by atoms with Gasteiger partial charge in [-0.15, -0.1) is 0 Å². The van der Waals surface area contributed by atoms with Crippen LogP contribution in [0.2, 0.25) is 0 Å². The van der Waals surface area contributed by atoms with Gasteiger partial charge in [-0.3, -0.25) is 4.79 Å². The van der Waals surface area contributed by atoms with Gasteiger partial charge in [0.25, 0.3) is 0 Å². The average Bonchev–Trinajstić information content (AvgIpc) is 2.49. The third-order valence-corrected chi connectivity index (χ3v) is 5.14. The van der Waals surface area contributed by atoms with Gasteiger partial charge < -0.3 is 35.4 Å². The fourth-order valence-electron chi connectivity index (χ4n) is 3.93. The molecule has 0 aliphatic heterocycles. The lowest BCUT2D eigenvalue weighted by molar-refractivity contribution is -0.245. The summed E-state index contributed by atoms with van der Waals surface area (Å²) in [7, 11) is 1.33. The number of benzene rings is 1. The highest BCUT2D eigenvalue weighted by molar-refractivity contribution is 6.04. The van der Waals surface area contributed by atoms with Crippen LogP contribution in [0.15, 0.2) is 12.1 Å². The topological polar surface area (TPSA) is 148 Å². The molecule has 3 rings (SSSR count). The van der Waals surface area contributed by atoms with Gasteiger partial charge in [0.1, 0.15) is 29.3 Å². The first-order valence-corrected chi connectivity index (χ1v) is 7.48. The molecule has 1 aromatic carbocycles. The zero-order valence-corrected chi connectivity index (χ0v) is 13.2. The molecule has 0 heterocycles. The molecule has 24 heavy (non-hydrogen) atoms. The number of methoxy groups -OCH3 is 1. The van der Waals surface area contributed by atoms with Crippen LogP contribution < -0.4 is 4.74 Å². The Morgan fingerprint density at radius 2 is 1.83 bits per heavy atom. The van der Waals surface area contributed by atoms with Gasteiger partial charge in [0.2, 0.25) is 0 Å². The molecule has 8 heteroatoms. The van der Waals surface area contributed by atoms with E-state index in [1.165, 1.54) is 26.2 Å². The van der Waals surface area contributed by atoms with Gasteiger partial charge in [-0.1, -0.05) is 0 Å². The van der Waals surface area contributed by atoms with Crippen molar-refractivity contribution in [3.8, 4) is 11.5 Å². The Hall–Kier alpha value is -1.71. The van der Waals surface area contributed by atoms with Gasteiger partial charge in [-0.25, -0.2) is 0 Å². The summed E-state index contributed by atoms with van der Waals surface area (Å²) in [6, 6.07) is 2.48. The minimum absolute atomic E-state index is 0.0602. The highest BCUT2D eigenvalue weighted by Gasteiger charge is 2.64. The Morgan fingerprint density at radius 3 is 2.42 bits per heavy atom. The second kappa shape index (κ2) is 5.14. The Labute approximate surface area is 137 Å². The van der Waals surface area contributed by atoms with E-state index < -0.39 is 53.4 Å². The first-order valence-electron chi connectivity index (χ1n) is 7.48. The quantitative estimate of drug-likeness (QED) is 0.376. The molecule has 1 saturated carbocycles. The molecule has 0 aromatic heterocycles. The SMILES string of the molecule is COc1cc(O)c2c(c1)[C@@H](O)[C@]1(O)C[C@](C)(O)[C@H](O)[C@H](O)[C@H]1C2=O. The minimum Gasteiger partial charge on any atom is -0.507 e. The monoisotopic (exact) mass is 340 g/mol. The number of hydrogen-bond acceptors (Lipinski definition) is 8. The average molecular weight is 340 g/mol. The number of phenols is 1. The zero-order chi connectivity index (χ0) is 18.0. The predicted octanol–water partition coefficient (Wildman–Crippen LogP) is -1.15. The Bertz CT molecular complexity index is 700. The maximum atomic E-state index is 12.8. The maximum absolute atomic E-state index is 12.8. The second-order valence-electron chi connectivity index (χ2n) is 6.82. The normalized spacial score (nSPS) is 41.5. The van der Waals surface area contributed by atoms with E-state index in [0.29, 0.717) is 0 Å². The van der Waals surface area contributed by atoms with Crippen molar-refractivity contribution in [2.24, 2.45) is 5.92 Å². The molecule has 0 unspecified atom stereocenters. The third kappa shape index (κ3) is 2.08. The molecule has 6 N–H and O–H groups in total. The molecule has 132 valence electrons. The number of ether oxygens (including phenoxy) is 1. The van der Waals surface area contributed by atoms with Crippen LogP contribution in [-0.2, 0) is 0 Å². The van der Waals surface area contributed by atoms with Crippen LogP contribution in [0.25, 0.3) is 0 Å². The summed E-state index contributed by atoms with van der Waals surface area (Å²) >= 11 is 0. The van der Waals surface area contributed by atoms with Crippen LogP contribution in [0.3, 0.4) is 0 Å². The lowest BCUT2D eigenvalue weighted by Crippen LogP contribution is -2.69. The van der Waals surface area contributed by atoms with Crippen molar-refractivity contribution < 1.29 is 40.2 Å².